The lowest BCUT2D eigenvalue weighted by Gasteiger charge is -2.19. The van der Waals surface area contributed by atoms with Crippen molar-refractivity contribution in [3.63, 3.8) is 0 Å². The molecular weight excluding hydrogens is 599 g/mol. The number of amides is 2. The summed E-state index contributed by atoms with van der Waals surface area (Å²) in [6.45, 7) is 2.80. The molecule has 1 aliphatic heterocycles. The van der Waals surface area contributed by atoms with Gasteiger partial charge in [0.1, 0.15) is 12.1 Å². The molecule has 12 heteroatoms. The summed E-state index contributed by atoms with van der Waals surface area (Å²) in [7, 11) is 2.88. The second kappa shape index (κ2) is 20.5. The highest BCUT2D eigenvalue weighted by molar-refractivity contribution is 5.83. The number of ether oxygens (including phenoxy) is 1. The van der Waals surface area contributed by atoms with Crippen LogP contribution in [-0.4, -0.2) is 73.4 Å². The quantitative estimate of drug-likeness (QED) is 0.219. The van der Waals surface area contributed by atoms with E-state index in [4.69, 9.17) is 0 Å². The Morgan fingerprint density at radius 2 is 1.87 bits per heavy atom. The molecule has 1 fully saturated rings. The Hall–Kier alpha value is -4.55. The van der Waals surface area contributed by atoms with E-state index in [2.05, 4.69) is 50.5 Å². The van der Waals surface area contributed by atoms with E-state index in [0.29, 0.717) is 19.4 Å². The van der Waals surface area contributed by atoms with Gasteiger partial charge in [0.05, 0.1) is 12.6 Å². The van der Waals surface area contributed by atoms with Crippen molar-refractivity contribution in [1.82, 2.24) is 25.5 Å². The van der Waals surface area contributed by atoms with Crippen molar-refractivity contribution in [2.24, 2.45) is 0 Å². The van der Waals surface area contributed by atoms with Crippen LogP contribution < -0.4 is 10.6 Å². The summed E-state index contributed by atoms with van der Waals surface area (Å²) in [6, 6.07) is 17.4. The van der Waals surface area contributed by atoms with Crippen LogP contribution in [0.4, 0.5) is 13.2 Å². The van der Waals surface area contributed by atoms with Crippen LogP contribution in [0.5, 0.6) is 0 Å². The first-order valence-electron chi connectivity index (χ1n) is 14.7. The van der Waals surface area contributed by atoms with Crippen molar-refractivity contribution in [3.8, 4) is 0 Å². The average Bonchev–Trinajstić information content (AvgIpc) is 3.69. The lowest BCUT2D eigenvalue weighted by molar-refractivity contribution is -0.134. The maximum Gasteiger partial charge on any atom is 0.345 e. The highest BCUT2D eigenvalue weighted by Gasteiger charge is 2.27. The highest BCUT2D eigenvalue weighted by atomic mass is 19.3. The number of benzene rings is 2. The number of fused-ring (bicyclic) bond motifs is 1. The van der Waals surface area contributed by atoms with Crippen LogP contribution in [0.2, 0.25) is 0 Å². The molecule has 0 spiro atoms. The summed E-state index contributed by atoms with van der Waals surface area (Å²) < 4.78 is 38.1. The number of halogens is 3. The predicted octanol–water partition coefficient (Wildman–Crippen LogP) is 5.09. The largest absolute Gasteiger partial charge is 0.357 e. The lowest BCUT2D eigenvalue weighted by atomic mass is 10.0. The highest BCUT2D eigenvalue weighted by Crippen LogP contribution is 2.16. The van der Waals surface area contributed by atoms with Crippen LogP contribution in [0, 0.1) is 19.7 Å². The van der Waals surface area contributed by atoms with Gasteiger partial charge in [-0.25, -0.2) is 4.39 Å². The maximum atomic E-state index is 13.6. The smallest absolute Gasteiger partial charge is 0.345 e. The van der Waals surface area contributed by atoms with E-state index < -0.39 is 6.61 Å². The Morgan fingerprint density at radius 1 is 1.13 bits per heavy atom. The number of aryl methyl sites for hydroxylation is 2. The predicted molar refractivity (Wildman–Crippen MR) is 172 cm³/mol. The number of likely N-dealkylation sites (tertiary alicyclic amines) is 1. The Morgan fingerprint density at radius 3 is 2.48 bits per heavy atom. The van der Waals surface area contributed by atoms with Crippen molar-refractivity contribution >= 4 is 29.5 Å². The molecule has 9 nitrogen and oxygen atoms in total. The number of carbonyl (C=O) groups excluding carboxylic acids is 3. The Kier molecular flexibility index (Phi) is 16.8. The number of alkyl halides is 2. The van der Waals surface area contributed by atoms with Crippen LogP contribution in [0.1, 0.15) is 40.8 Å². The number of rotatable bonds is 9. The zero-order valence-corrected chi connectivity index (χ0v) is 26.6. The fraction of sp³-hybridized carbons (Fsp3) is 0.353. The molecule has 0 radical (unpaired) electrons. The Balaban J connectivity index is 0.000000226. The number of aromatic amines is 1. The number of H-pyrrole nitrogens is 1. The number of nitrogens with zero attached hydrogens (tertiary/aromatic N) is 2. The first-order valence-corrected chi connectivity index (χ1v) is 14.7. The second-order valence-electron chi connectivity index (χ2n) is 10.5. The Bertz CT molecular complexity index is 1480. The number of nitrogens with one attached hydrogen (secondary N) is 3. The molecule has 46 heavy (non-hydrogen) atoms. The van der Waals surface area contributed by atoms with Crippen molar-refractivity contribution in [2.45, 2.75) is 52.3 Å². The first kappa shape index (κ1) is 37.6. The molecule has 1 saturated heterocycles. The molecule has 1 unspecified atom stereocenters. The van der Waals surface area contributed by atoms with Crippen LogP contribution in [0.3, 0.4) is 0 Å². The maximum absolute atomic E-state index is 13.6. The summed E-state index contributed by atoms with van der Waals surface area (Å²) >= 11 is 0. The zero-order valence-electron chi connectivity index (χ0n) is 26.6. The minimum atomic E-state index is -2.62. The minimum Gasteiger partial charge on any atom is -0.357 e. The molecule has 0 aliphatic carbocycles. The van der Waals surface area contributed by atoms with Gasteiger partial charge < -0.3 is 30.0 Å². The molecule has 248 valence electrons. The molecule has 1 atom stereocenters. The molecule has 3 heterocycles. The lowest BCUT2D eigenvalue weighted by Crippen LogP contribution is -2.41. The van der Waals surface area contributed by atoms with Crippen LogP contribution in [-0.2, 0) is 32.1 Å². The molecule has 0 saturated carbocycles. The van der Waals surface area contributed by atoms with E-state index in [1.165, 1.54) is 21.5 Å². The molecule has 2 aromatic carbocycles. The van der Waals surface area contributed by atoms with Gasteiger partial charge in [-0.1, -0.05) is 42.0 Å². The third-order valence-electron chi connectivity index (χ3n) is 6.82. The fourth-order valence-corrected chi connectivity index (χ4v) is 4.63. The van der Waals surface area contributed by atoms with Crippen LogP contribution in [0.25, 0.3) is 10.9 Å². The number of aromatic nitrogens is 2. The van der Waals surface area contributed by atoms with Gasteiger partial charge in [0.15, 0.2) is 0 Å². The topological polar surface area (TPSA) is 116 Å². The molecule has 1 aliphatic rings. The van der Waals surface area contributed by atoms with Crippen molar-refractivity contribution in [1.29, 1.82) is 0 Å². The summed E-state index contributed by atoms with van der Waals surface area (Å²) in [5, 5.41) is 6.54. The number of aldehydes is 1. The van der Waals surface area contributed by atoms with E-state index in [0.717, 1.165) is 55.0 Å². The van der Waals surface area contributed by atoms with Gasteiger partial charge in [0, 0.05) is 55.6 Å². The molecule has 0 bridgehead atoms. The summed E-state index contributed by atoms with van der Waals surface area (Å²) in [5.41, 5.74) is 6.44. The monoisotopic (exact) mass is 641 g/mol. The molecule has 4 aromatic rings. The third kappa shape index (κ3) is 13.2. The van der Waals surface area contributed by atoms with E-state index in [-0.39, 0.29) is 24.3 Å². The number of carbonyl (C=O) groups is 3. The molecule has 2 amide bonds. The van der Waals surface area contributed by atoms with Crippen LogP contribution in [0.15, 0.2) is 67.0 Å². The van der Waals surface area contributed by atoms with E-state index in [1.807, 2.05) is 50.5 Å². The second-order valence-corrected chi connectivity index (χ2v) is 10.5. The first-order chi connectivity index (χ1) is 22.1. The normalized spacial score (nSPS) is 13.5. The van der Waals surface area contributed by atoms with Gasteiger partial charge in [0.2, 0.25) is 12.3 Å². The van der Waals surface area contributed by atoms with Gasteiger partial charge in [-0.3, -0.25) is 14.6 Å². The van der Waals surface area contributed by atoms with Gasteiger partial charge in [-0.15, -0.1) is 0 Å². The number of hydrogen-bond acceptors (Lipinski definition) is 6. The van der Waals surface area contributed by atoms with Crippen molar-refractivity contribution in [3.05, 3.63) is 101 Å². The molecule has 2 aromatic heterocycles. The van der Waals surface area contributed by atoms with E-state index in [1.54, 1.807) is 12.3 Å². The van der Waals surface area contributed by atoms with E-state index in [9.17, 15) is 27.6 Å². The standard InChI is InChI=1S/C15H15F.C9H11N3.C8H12N2O3.C2H4F2O/c1-11-4-3-5-13(8-11)10-14-7-6-12(2)9-15(14)16;1-10-6-8-4-7-5-11-3-2-9(7)12-8;11-5-7-2-1-3-10(7)8(13)4-9-6-12;1-5-2(3)4/h3-9H,10H2,1-2H3;2-5,10,12H,6H2,1H3;5-7H,1-4H2,(H,9,12);2H,1H3. The van der Waals surface area contributed by atoms with Crippen molar-refractivity contribution in [2.75, 3.05) is 27.2 Å². The fourth-order valence-electron chi connectivity index (χ4n) is 4.63. The van der Waals surface area contributed by atoms with Gasteiger partial charge in [-0.05, 0) is 68.6 Å². The number of methoxy groups -OCH3 is 1. The van der Waals surface area contributed by atoms with Crippen LogP contribution >= 0.6 is 0 Å². The average molecular weight is 642 g/mol. The zero-order chi connectivity index (χ0) is 33.9. The van der Waals surface area contributed by atoms with E-state index >= 15 is 0 Å². The van der Waals surface area contributed by atoms with Gasteiger partial charge >= 0.3 is 6.61 Å². The summed E-state index contributed by atoms with van der Waals surface area (Å²) in [6.07, 6.45) is 7.17. The number of pyridine rings is 1. The minimum absolute atomic E-state index is 0.0200. The summed E-state index contributed by atoms with van der Waals surface area (Å²) in [4.78, 5) is 40.6. The van der Waals surface area contributed by atoms with Crippen molar-refractivity contribution < 1.29 is 32.3 Å². The van der Waals surface area contributed by atoms with Gasteiger partial charge in [0.25, 0.3) is 0 Å². The molecule has 5 rings (SSSR count). The SMILES string of the molecule is CNCc1cc2cnccc2[nH]1.COC(F)F.Cc1cccc(Cc2ccc(C)cc2F)c1.O=CNCC(=O)N1CCCC1C=O. The van der Waals surface area contributed by atoms with Gasteiger partial charge in [-0.2, -0.15) is 8.78 Å². The molecular formula is C34H42F3N5O4. The number of hydrogen-bond donors (Lipinski definition) is 3. The third-order valence-corrected chi connectivity index (χ3v) is 6.82. The summed E-state index contributed by atoms with van der Waals surface area (Å²) in [5.74, 6) is -0.303. The molecule has 3 N–H and O–H groups in total. The Labute approximate surface area is 267 Å².